The van der Waals surface area contributed by atoms with E-state index in [4.69, 9.17) is 33.4 Å². The molecule has 3 aromatic heterocycles. The first-order chi connectivity index (χ1) is 25.4. The molecule has 0 amide bonds. The van der Waals surface area contributed by atoms with Crippen LogP contribution in [0.15, 0.2) is 48.9 Å². The van der Waals surface area contributed by atoms with Crippen LogP contribution in [0, 0.1) is 0 Å². The Morgan fingerprint density at radius 1 is 0.855 bits per heavy atom. The lowest BCUT2D eigenvalue weighted by Crippen LogP contribution is -2.52. The number of pyridine rings is 1. The molecule has 0 aliphatic carbocycles. The van der Waals surface area contributed by atoms with Gasteiger partial charge in [0, 0.05) is 37.1 Å². The van der Waals surface area contributed by atoms with Crippen LogP contribution in [0.25, 0.3) is 28.0 Å². The minimum Gasteiger partial charge on any atom is -0.598 e. The number of aromatic nitrogens is 5. The maximum absolute atomic E-state index is 13.5. The van der Waals surface area contributed by atoms with E-state index in [1.54, 1.807) is 36.4 Å². The van der Waals surface area contributed by atoms with Crippen molar-refractivity contribution in [1.29, 1.82) is 0 Å². The number of nitrogens with one attached hydrogen (secondary N) is 1. The van der Waals surface area contributed by atoms with E-state index in [-0.39, 0.29) is 16.5 Å². The van der Waals surface area contributed by atoms with Gasteiger partial charge in [0.15, 0.2) is 28.2 Å². The minimum atomic E-state index is -2.01. The molecular formula is C40H64N6O6SSi2. The Hall–Kier alpha value is -2.74. The molecule has 0 spiro atoms. The average molecular weight is 813 g/mol. The standard InChI is InChI=1S/C40H64N6O6SSi2/c1-37(2,3)53(48)45-40(47,19-16-20-51-54(11,12)38(4,5)6)35-18-15-17-32(44-35)29-23-33-31(34(24-29)50-22-21-49-10)26-42-46(33)36-27-41-25-30(43-36)28-52-55(13,14)39(7,8)9/h15,17-18,23-27,45,47H,16,19-22,28H2,1-14H3/t40-,53-/m1/s1. The van der Waals surface area contributed by atoms with E-state index in [0.29, 0.717) is 61.5 Å². The topological polar surface area (TPSA) is 149 Å². The molecule has 0 saturated carbocycles. The van der Waals surface area contributed by atoms with Gasteiger partial charge in [-0.05, 0) is 87.7 Å². The van der Waals surface area contributed by atoms with E-state index in [1.165, 1.54) is 0 Å². The molecule has 0 fully saturated rings. The Balaban J connectivity index is 1.75. The van der Waals surface area contributed by atoms with Crippen molar-refractivity contribution in [3.05, 3.63) is 60.3 Å². The molecule has 304 valence electrons. The third-order valence-electron chi connectivity index (χ3n) is 10.7. The fourth-order valence-corrected chi connectivity index (χ4v) is 7.90. The Labute approximate surface area is 333 Å². The molecule has 4 rings (SSSR count). The number of nitrogens with zero attached hydrogens (tertiary/aromatic N) is 5. The van der Waals surface area contributed by atoms with Crippen molar-refractivity contribution >= 4 is 38.9 Å². The predicted molar refractivity (Wildman–Crippen MR) is 227 cm³/mol. The van der Waals surface area contributed by atoms with Gasteiger partial charge in [-0.2, -0.15) is 5.10 Å². The van der Waals surface area contributed by atoms with Crippen LogP contribution >= 0.6 is 0 Å². The van der Waals surface area contributed by atoms with Gasteiger partial charge in [-0.25, -0.2) is 14.6 Å². The summed E-state index contributed by atoms with van der Waals surface area (Å²) in [4.78, 5) is 14.4. The molecule has 0 bridgehead atoms. The van der Waals surface area contributed by atoms with Crippen molar-refractivity contribution in [1.82, 2.24) is 29.5 Å². The molecule has 2 atom stereocenters. The van der Waals surface area contributed by atoms with E-state index in [1.807, 2.05) is 45.0 Å². The lowest BCUT2D eigenvalue weighted by atomic mass is 10.0. The summed E-state index contributed by atoms with van der Waals surface area (Å²) in [6.45, 7) is 29.2. The highest BCUT2D eigenvalue weighted by Crippen LogP contribution is 2.39. The van der Waals surface area contributed by atoms with Crippen LogP contribution < -0.4 is 9.46 Å². The molecule has 0 saturated heterocycles. The summed E-state index contributed by atoms with van der Waals surface area (Å²) in [6.07, 6.45) is 5.93. The maximum atomic E-state index is 13.5. The summed E-state index contributed by atoms with van der Waals surface area (Å²) < 4.78 is 42.0. The first kappa shape index (κ1) is 45.0. The number of fused-ring (bicyclic) bond motifs is 1. The van der Waals surface area contributed by atoms with Gasteiger partial charge in [0.05, 0.1) is 59.8 Å². The van der Waals surface area contributed by atoms with Crippen LogP contribution in [0.4, 0.5) is 0 Å². The van der Waals surface area contributed by atoms with Crippen LogP contribution in [0.1, 0.15) is 86.5 Å². The van der Waals surface area contributed by atoms with Crippen molar-refractivity contribution < 1.29 is 28.0 Å². The van der Waals surface area contributed by atoms with E-state index >= 15 is 0 Å². The van der Waals surface area contributed by atoms with Gasteiger partial charge in [-0.15, -0.1) is 4.72 Å². The summed E-state index contributed by atoms with van der Waals surface area (Å²) in [5.74, 6) is 1.13. The van der Waals surface area contributed by atoms with Crippen molar-refractivity contribution in [3.8, 4) is 22.8 Å². The molecule has 1 aromatic carbocycles. The minimum absolute atomic E-state index is 0.0578. The van der Waals surface area contributed by atoms with E-state index in [0.717, 1.165) is 16.5 Å². The number of benzene rings is 1. The highest BCUT2D eigenvalue weighted by molar-refractivity contribution is 7.90. The van der Waals surface area contributed by atoms with E-state index in [2.05, 4.69) is 77.4 Å². The maximum Gasteiger partial charge on any atom is 0.200 e. The van der Waals surface area contributed by atoms with Crippen LogP contribution in [-0.4, -0.2) is 82.7 Å². The first-order valence-corrected chi connectivity index (χ1v) is 26.0. The average Bonchev–Trinajstić information content (AvgIpc) is 3.53. The molecule has 3 heterocycles. The quantitative estimate of drug-likeness (QED) is 0.0458. The Morgan fingerprint density at radius 3 is 2.16 bits per heavy atom. The SMILES string of the molecule is COCCOc1cc(-c2cccc([C@](O)(CCCO[Si](C)(C)C(C)(C)C)N[S@+]([O-])C(C)(C)C)n2)cc2c1cnn2-c1cncc(CO[Si](C)(C)C(C)(C)C)n1. The fourth-order valence-electron chi connectivity index (χ4n) is 5.05. The number of rotatable bonds is 17. The smallest absolute Gasteiger partial charge is 0.200 e. The molecule has 0 radical (unpaired) electrons. The second-order valence-electron chi connectivity index (χ2n) is 18.2. The zero-order chi connectivity index (χ0) is 41.0. The number of hydrogen-bond donors (Lipinski definition) is 2. The third kappa shape index (κ3) is 11.2. The normalized spacial score (nSPS) is 15.0. The highest BCUT2D eigenvalue weighted by Gasteiger charge is 2.41. The zero-order valence-electron chi connectivity index (χ0n) is 35.5. The summed E-state index contributed by atoms with van der Waals surface area (Å²) in [7, 11) is -2.38. The van der Waals surface area contributed by atoms with Crippen LogP contribution in [-0.2, 0) is 37.3 Å². The van der Waals surface area contributed by atoms with E-state index in [9.17, 15) is 9.66 Å². The monoisotopic (exact) mass is 812 g/mol. The Bertz CT molecular complexity index is 1890. The van der Waals surface area contributed by atoms with Crippen molar-refractivity contribution in [2.24, 2.45) is 0 Å². The van der Waals surface area contributed by atoms with Crippen molar-refractivity contribution in [2.75, 3.05) is 26.9 Å². The summed E-state index contributed by atoms with van der Waals surface area (Å²) in [5, 5.41) is 17.9. The first-order valence-electron chi connectivity index (χ1n) is 19.0. The lowest BCUT2D eigenvalue weighted by Gasteiger charge is -2.37. The molecule has 2 N–H and O–H groups in total. The summed E-state index contributed by atoms with van der Waals surface area (Å²) in [5.41, 5.74) is 1.42. The van der Waals surface area contributed by atoms with Gasteiger partial charge in [0.1, 0.15) is 17.1 Å². The fraction of sp³-hybridized carbons (Fsp3) is 0.600. The van der Waals surface area contributed by atoms with Crippen LogP contribution in [0.2, 0.25) is 36.3 Å². The van der Waals surface area contributed by atoms with Crippen molar-refractivity contribution in [3.63, 3.8) is 0 Å². The van der Waals surface area contributed by atoms with Crippen LogP contribution in [0.5, 0.6) is 5.75 Å². The molecule has 55 heavy (non-hydrogen) atoms. The predicted octanol–water partition coefficient (Wildman–Crippen LogP) is 8.42. The molecule has 0 unspecified atom stereocenters. The molecule has 15 heteroatoms. The van der Waals surface area contributed by atoms with Crippen molar-refractivity contribution in [2.45, 2.75) is 128 Å². The summed E-state index contributed by atoms with van der Waals surface area (Å²) in [6, 6.07) is 9.38. The largest absolute Gasteiger partial charge is 0.598 e. The number of aliphatic hydroxyl groups is 1. The molecule has 12 nitrogen and oxygen atoms in total. The van der Waals surface area contributed by atoms with Crippen LogP contribution in [0.3, 0.4) is 0 Å². The van der Waals surface area contributed by atoms with Gasteiger partial charge in [-0.1, -0.05) is 47.6 Å². The lowest BCUT2D eigenvalue weighted by molar-refractivity contribution is 0.00526. The van der Waals surface area contributed by atoms with Gasteiger partial charge in [0.2, 0.25) is 0 Å². The summed E-state index contributed by atoms with van der Waals surface area (Å²) >= 11 is -1.59. The Morgan fingerprint density at radius 2 is 1.53 bits per heavy atom. The van der Waals surface area contributed by atoms with Gasteiger partial charge in [0.25, 0.3) is 0 Å². The van der Waals surface area contributed by atoms with Gasteiger partial charge >= 0.3 is 0 Å². The highest BCUT2D eigenvalue weighted by atomic mass is 32.2. The molecule has 4 aromatic rings. The number of hydrogen-bond acceptors (Lipinski definition) is 11. The zero-order valence-corrected chi connectivity index (χ0v) is 38.3. The molecule has 0 aliphatic heterocycles. The van der Waals surface area contributed by atoms with Gasteiger partial charge < -0.3 is 28.0 Å². The second kappa shape index (κ2) is 17.4. The van der Waals surface area contributed by atoms with Gasteiger partial charge in [-0.3, -0.25) is 4.98 Å². The number of methoxy groups -OCH3 is 1. The number of ether oxygens (including phenoxy) is 2. The molecule has 0 aliphatic rings. The third-order valence-corrected chi connectivity index (χ3v) is 21.4. The molecular weight excluding hydrogens is 749 g/mol. The Kier molecular flexibility index (Phi) is 14.2. The second-order valence-corrected chi connectivity index (χ2v) is 29.8. The van der Waals surface area contributed by atoms with E-state index < -0.39 is 38.5 Å².